The Kier molecular flexibility index (Phi) is 3.17. The largest absolute Gasteiger partial charge is 0.189 e. The molecular weight excluding hydrogens is 200 g/mol. The van der Waals surface area contributed by atoms with E-state index in [9.17, 15) is 0 Å². The molecule has 0 fully saturated rings. The molecule has 0 N–H and O–H groups in total. The predicted molar refractivity (Wildman–Crippen MR) is 42.8 cm³/mol. The van der Waals surface area contributed by atoms with Gasteiger partial charge in [0.1, 0.15) is 10.8 Å². The summed E-state index contributed by atoms with van der Waals surface area (Å²) in [5, 5.41) is 27.5. The third kappa shape index (κ3) is 2.39. The van der Waals surface area contributed by atoms with Crippen LogP contribution < -0.4 is 0 Å². The SMILES string of the molecule is N#CSc1nnc(SC#N)s1. The van der Waals surface area contributed by atoms with Gasteiger partial charge in [-0.15, -0.1) is 10.2 Å². The molecule has 0 aliphatic rings. The second-order valence-electron chi connectivity index (χ2n) is 1.22. The zero-order chi connectivity index (χ0) is 8.10. The second-order valence-corrected chi connectivity index (χ2v) is 4.26. The lowest BCUT2D eigenvalue weighted by atomic mass is 11.5. The smallest absolute Gasteiger partial charge is 0.185 e. The summed E-state index contributed by atoms with van der Waals surface area (Å²) in [4.78, 5) is 0. The third-order valence-corrected chi connectivity index (χ3v) is 2.86. The number of hydrogen-bond donors (Lipinski definition) is 0. The zero-order valence-electron chi connectivity index (χ0n) is 5.01. The summed E-state index contributed by atoms with van der Waals surface area (Å²) in [6.07, 6.45) is 0. The summed E-state index contributed by atoms with van der Waals surface area (Å²) in [5.74, 6) is 0. The summed E-state index contributed by atoms with van der Waals surface area (Å²) in [6, 6.07) is 0. The molecule has 1 rings (SSSR count). The van der Waals surface area contributed by atoms with Crippen LogP contribution in [0.25, 0.3) is 0 Å². The van der Waals surface area contributed by atoms with E-state index in [0.29, 0.717) is 8.68 Å². The lowest BCUT2D eigenvalue weighted by Gasteiger charge is -1.74. The molecule has 1 aromatic rings. The van der Waals surface area contributed by atoms with Gasteiger partial charge in [0.25, 0.3) is 0 Å². The van der Waals surface area contributed by atoms with Crippen LogP contribution in [0.4, 0.5) is 0 Å². The van der Waals surface area contributed by atoms with Gasteiger partial charge in [0, 0.05) is 23.5 Å². The van der Waals surface area contributed by atoms with E-state index in [4.69, 9.17) is 10.5 Å². The number of nitriles is 2. The normalized spacial score (nSPS) is 8.55. The summed E-state index contributed by atoms with van der Waals surface area (Å²) >= 11 is 3.14. The molecule has 0 aromatic carbocycles. The molecular formula is C4N4S3. The Labute approximate surface area is 75.2 Å². The van der Waals surface area contributed by atoms with Crippen molar-refractivity contribution < 1.29 is 0 Å². The molecule has 11 heavy (non-hydrogen) atoms. The third-order valence-electron chi connectivity index (χ3n) is 0.654. The molecule has 0 radical (unpaired) electrons. The van der Waals surface area contributed by atoms with E-state index in [2.05, 4.69) is 10.2 Å². The van der Waals surface area contributed by atoms with Gasteiger partial charge in [-0.2, -0.15) is 10.5 Å². The number of rotatable bonds is 2. The lowest BCUT2D eigenvalue weighted by Crippen LogP contribution is -1.67. The minimum atomic E-state index is 0.574. The fraction of sp³-hybridized carbons (Fsp3) is 0. The van der Waals surface area contributed by atoms with Gasteiger partial charge in [0.2, 0.25) is 0 Å². The Hall–Kier alpha value is -0.760. The van der Waals surface area contributed by atoms with Crippen molar-refractivity contribution in [2.24, 2.45) is 0 Å². The number of aromatic nitrogens is 2. The van der Waals surface area contributed by atoms with E-state index in [1.165, 1.54) is 11.3 Å². The molecule has 0 unspecified atom stereocenters. The Morgan fingerprint density at radius 3 is 1.91 bits per heavy atom. The Morgan fingerprint density at radius 2 is 1.55 bits per heavy atom. The quantitative estimate of drug-likeness (QED) is 0.534. The topological polar surface area (TPSA) is 73.4 Å². The molecule has 0 bridgehead atoms. The minimum Gasteiger partial charge on any atom is -0.185 e. The molecule has 0 aliphatic carbocycles. The van der Waals surface area contributed by atoms with Crippen LogP contribution >= 0.6 is 34.9 Å². The van der Waals surface area contributed by atoms with E-state index in [-0.39, 0.29) is 0 Å². The zero-order valence-corrected chi connectivity index (χ0v) is 7.46. The van der Waals surface area contributed by atoms with Gasteiger partial charge in [0.05, 0.1) is 0 Å². The molecule has 1 heterocycles. The van der Waals surface area contributed by atoms with E-state index in [0.717, 1.165) is 23.5 Å². The number of thioether (sulfide) groups is 2. The van der Waals surface area contributed by atoms with Crippen molar-refractivity contribution in [2.75, 3.05) is 0 Å². The average Bonchev–Trinajstić information content (AvgIpc) is 2.38. The van der Waals surface area contributed by atoms with Crippen molar-refractivity contribution in [3.63, 3.8) is 0 Å². The average molecular weight is 200 g/mol. The number of nitrogens with zero attached hydrogens (tertiary/aromatic N) is 4. The van der Waals surface area contributed by atoms with Crippen molar-refractivity contribution >= 4 is 34.9 Å². The highest BCUT2D eigenvalue weighted by Gasteiger charge is 2.03. The molecule has 0 amide bonds. The Morgan fingerprint density at radius 1 is 1.09 bits per heavy atom. The van der Waals surface area contributed by atoms with Crippen LogP contribution in [-0.2, 0) is 0 Å². The predicted octanol–water partition coefficient (Wildman–Crippen LogP) is 1.68. The van der Waals surface area contributed by atoms with E-state index >= 15 is 0 Å². The molecule has 0 spiro atoms. The van der Waals surface area contributed by atoms with Gasteiger partial charge in [0.15, 0.2) is 8.68 Å². The minimum absolute atomic E-state index is 0.574. The van der Waals surface area contributed by atoms with Gasteiger partial charge in [-0.1, -0.05) is 11.3 Å². The van der Waals surface area contributed by atoms with Crippen LogP contribution in [0.1, 0.15) is 0 Å². The fourth-order valence-electron chi connectivity index (χ4n) is 0.358. The van der Waals surface area contributed by atoms with Crippen molar-refractivity contribution in [2.45, 2.75) is 8.68 Å². The number of hydrogen-bond acceptors (Lipinski definition) is 7. The van der Waals surface area contributed by atoms with Crippen LogP contribution in [0.15, 0.2) is 8.68 Å². The highest BCUT2D eigenvalue weighted by atomic mass is 32.2. The van der Waals surface area contributed by atoms with Crippen LogP contribution in [0, 0.1) is 21.3 Å². The van der Waals surface area contributed by atoms with E-state index in [1.807, 2.05) is 10.8 Å². The van der Waals surface area contributed by atoms with Gasteiger partial charge >= 0.3 is 0 Å². The maximum absolute atomic E-state index is 8.24. The highest BCUT2D eigenvalue weighted by molar-refractivity contribution is 8.07. The maximum Gasteiger partial charge on any atom is 0.189 e. The van der Waals surface area contributed by atoms with Crippen LogP contribution in [0.5, 0.6) is 0 Å². The molecule has 0 saturated carbocycles. The molecule has 0 saturated heterocycles. The van der Waals surface area contributed by atoms with Crippen LogP contribution in [-0.4, -0.2) is 10.2 Å². The first-order valence-electron chi connectivity index (χ1n) is 2.32. The molecule has 4 nitrogen and oxygen atoms in total. The summed E-state index contributed by atoms with van der Waals surface area (Å²) < 4.78 is 1.15. The summed E-state index contributed by atoms with van der Waals surface area (Å²) in [6.45, 7) is 0. The maximum atomic E-state index is 8.24. The second kappa shape index (κ2) is 4.19. The van der Waals surface area contributed by atoms with Gasteiger partial charge in [-0.3, -0.25) is 0 Å². The molecule has 1 aromatic heterocycles. The standard InChI is InChI=1S/C4N4S3/c5-1-9-3-7-8-4(11-3)10-2-6. The Bertz CT molecular complexity index is 288. The first-order valence-corrected chi connectivity index (χ1v) is 4.77. The van der Waals surface area contributed by atoms with Crippen molar-refractivity contribution in [3.05, 3.63) is 0 Å². The van der Waals surface area contributed by atoms with Crippen molar-refractivity contribution in [1.29, 1.82) is 10.5 Å². The monoisotopic (exact) mass is 200 g/mol. The molecule has 7 heteroatoms. The van der Waals surface area contributed by atoms with Gasteiger partial charge < -0.3 is 0 Å². The van der Waals surface area contributed by atoms with E-state index < -0.39 is 0 Å². The first-order chi connectivity index (χ1) is 5.36. The van der Waals surface area contributed by atoms with Crippen LogP contribution in [0.2, 0.25) is 0 Å². The number of thiocyanates is 2. The highest BCUT2D eigenvalue weighted by Crippen LogP contribution is 2.27. The van der Waals surface area contributed by atoms with Crippen molar-refractivity contribution in [3.8, 4) is 10.8 Å². The lowest BCUT2D eigenvalue weighted by molar-refractivity contribution is 0.958. The Balaban J connectivity index is 2.69. The summed E-state index contributed by atoms with van der Waals surface area (Å²) in [5.41, 5.74) is 0. The van der Waals surface area contributed by atoms with Gasteiger partial charge in [-0.05, 0) is 0 Å². The molecule has 54 valence electrons. The molecule has 0 aliphatic heterocycles. The fourth-order valence-corrected chi connectivity index (χ4v) is 2.18. The molecule has 0 atom stereocenters. The van der Waals surface area contributed by atoms with Gasteiger partial charge in [-0.25, -0.2) is 0 Å². The summed E-state index contributed by atoms with van der Waals surface area (Å²) in [7, 11) is 0. The van der Waals surface area contributed by atoms with Crippen LogP contribution in [0.3, 0.4) is 0 Å². The van der Waals surface area contributed by atoms with E-state index in [1.54, 1.807) is 0 Å². The first kappa shape index (κ1) is 8.34. The van der Waals surface area contributed by atoms with Crippen molar-refractivity contribution in [1.82, 2.24) is 10.2 Å².